The molecule has 2 aliphatic heterocycles. The van der Waals surface area contributed by atoms with Crippen LogP contribution in [0.15, 0.2) is 119 Å². The predicted molar refractivity (Wildman–Crippen MR) is 481 cm³/mol. The van der Waals surface area contributed by atoms with Crippen molar-refractivity contribution >= 4 is 101 Å². The highest BCUT2D eigenvalue weighted by Gasteiger charge is 2.42. The number of carbonyl (C=O) groups is 13. The number of ether oxygens (including phenoxy) is 14. The quantitative estimate of drug-likeness (QED) is 0.00841. The van der Waals surface area contributed by atoms with Gasteiger partial charge in [0.05, 0.1) is 72.6 Å². The molecule has 5 N–H and O–H groups in total. The summed E-state index contributed by atoms with van der Waals surface area (Å²) in [5.74, 6) is -11.7. The number of benzene rings is 6. The molecule has 0 fully saturated rings. The molecule has 0 saturated carbocycles. The Morgan fingerprint density at radius 3 is 1.20 bits per heavy atom. The van der Waals surface area contributed by atoms with Crippen molar-refractivity contribution in [3.8, 4) is 34.5 Å². The highest BCUT2D eigenvalue weighted by molar-refractivity contribution is 6.08. The van der Waals surface area contributed by atoms with Gasteiger partial charge >= 0.3 is 66.0 Å². The fraction of sp³-hybridized carbons (Fsp3) is 0.469. The van der Waals surface area contributed by atoms with E-state index >= 15 is 9.59 Å². The maximum absolute atomic E-state index is 15.8. The van der Waals surface area contributed by atoms with Gasteiger partial charge in [0.1, 0.15) is 81.8 Å². The maximum Gasteiger partial charge on any atom is 0.437 e. The lowest BCUT2D eigenvalue weighted by atomic mass is 10.0. The number of anilines is 2. The van der Waals surface area contributed by atoms with Crippen LogP contribution in [0, 0.1) is 0 Å². The molecular weight excluding hydrogens is 1720 g/mol. The number of alkyl carbamates (subject to hydrolysis) is 1. The molecule has 0 spiro atoms. The second kappa shape index (κ2) is 43.8. The van der Waals surface area contributed by atoms with Gasteiger partial charge in [-0.15, -0.1) is 4.99 Å². The van der Waals surface area contributed by atoms with Gasteiger partial charge in [-0.3, -0.25) is 24.5 Å². The number of para-hydroxylation sites is 2. The Morgan fingerprint density at radius 1 is 0.439 bits per heavy atom. The fourth-order valence-electron chi connectivity index (χ4n) is 13.1. The van der Waals surface area contributed by atoms with Crippen LogP contribution in [0.2, 0.25) is 0 Å². The minimum atomic E-state index is -1.81. The molecule has 0 unspecified atom stereocenters. The average Bonchev–Trinajstić information content (AvgIpc) is 0.786. The molecule has 8 rings (SSSR count). The van der Waals surface area contributed by atoms with Crippen LogP contribution in [0.4, 0.5) is 25.8 Å². The van der Waals surface area contributed by atoms with Gasteiger partial charge in [-0.1, -0.05) is 12.1 Å². The van der Waals surface area contributed by atoms with Gasteiger partial charge in [0, 0.05) is 24.5 Å². The van der Waals surface area contributed by atoms with E-state index in [2.05, 4.69) is 25.9 Å². The number of hydrogen-bond acceptors (Lipinski definition) is 27. The molecule has 2 aliphatic rings. The first-order chi connectivity index (χ1) is 61.3. The van der Waals surface area contributed by atoms with Gasteiger partial charge in [0.15, 0.2) is 23.0 Å². The van der Waals surface area contributed by atoms with Crippen LogP contribution in [0.3, 0.4) is 0 Å². The number of rotatable bonds is 26. The van der Waals surface area contributed by atoms with E-state index < -0.39 is 155 Å². The number of nitrogens with one attached hydrogen (secondary N) is 3. The summed E-state index contributed by atoms with van der Waals surface area (Å²) in [6.07, 6.45) is -3.50. The summed E-state index contributed by atoms with van der Waals surface area (Å²) < 4.78 is 82.1. The first kappa shape index (κ1) is 104. The van der Waals surface area contributed by atoms with Crippen LogP contribution in [0.5, 0.6) is 34.5 Å². The first-order valence-corrected chi connectivity index (χ1v) is 42.8. The number of hydrogen-bond donors (Lipinski definition) is 5. The topological polar surface area (TPSA) is 459 Å². The number of aryl methyl sites for hydroxylation is 2. The normalized spacial score (nSPS) is 13.9. The lowest BCUT2D eigenvalue weighted by molar-refractivity contribution is -0.167. The van der Waals surface area contributed by atoms with E-state index in [1.54, 1.807) is 171 Å². The number of carboxylic acid groups (broad SMARTS) is 2. The average molecular weight is 1840 g/mol. The van der Waals surface area contributed by atoms with Crippen LogP contribution < -0.4 is 44.4 Å². The summed E-state index contributed by atoms with van der Waals surface area (Å²) in [5, 5.41) is 29.5. The van der Waals surface area contributed by atoms with Crippen molar-refractivity contribution in [3.05, 3.63) is 165 Å². The molecule has 0 radical (unpaired) electrons. The first-order valence-electron chi connectivity index (χ1n) is 42.8. The van der Waals surface area contributed by atoms with Gasteiger partial charge in [-0.2, -0.15) is 4.99 Å². The van der Waals surface area contributed by atoms with E-state index in [4.69, 9.17) is 66.3 Å². The number of guanidine groups is 1. The molecule has 36 nitrogen and oxygen atoms in total. The zero-order valence-electron chi connectivity index (χ0n) is 78.7. The Balaban J connectivity index is 1.05. The highest BCUT2D eigenvalue weighted by Crippen LogP contribution is 2.40. The van der Waals surface area contributed by atoms with Crippen LogP contribution >= 0.6 is 0 Å². The number of carbonyl (C=O) groups excluding carboxylic acids is 11. The third kappa shape index (κ3) is 33.4. The molecule has 6 aromatic carbocycles. The van der Waals surface area contributed by atoms with E-state index in [1.807, 2.05) is 0 Å². The van der Waals surface area contributed by atoms with Crippen LogP contribution in [0.1, 0.15) is 262 Å². The van der Waals surface area contributed by atoms with Crippen LogP contribution in [-0.4, -0.2) is 201 Å². The molecule has 2 atom stereocenters. The van der Waals surface area contributed by atoms with E-state index in [0.29, 0.717) is 16.8 Å². The minimum absolute atomic E-state index is 0.0502. The Bertz CT molecular complexity index is 5370. The maximum atomic E-state index is 15.8. The summed E-state index contributed by atoms with van der Waals surface area (Å²) in [6, 6.07) is 21.6. The predicted octanol–water partition coefficient (Wildman–Crippen LogP) is 15.8. The van der Waals surface area contributed by atoms with Crippen LogP contribution in [0.25, 0.3) is 0 Å². The summed E-state index contributed by atoms with van der Waals surface area (Å²) in [6.45, 7) is 33.3. The number of aromatic carboxylic acids is 2. The van der Waals surface area contributed by atoms with Crippen molar-refractivity contribution in [1.29, 1.82) is 0 Å². The lowest BCUT2D eigenvalue weighted by Gasteiger charge is -2.33. The number of fused-ring (bicyclic) bond motifs is 4. The molecule has 2 heterocycles. The largest absolute Gasteiger partial charge is 0.491 e. The molecule has 6 aromatic rings. The molecule has 0 aliphatic carbocycles. The van der Waals surface area contributed by atoms with E-state index in [0.717, 1.165) is 9.80 Å². The van der Waals surface area contributed by atoms with E-state index in [1.165, 1.54) is 91.0 Å². The Labute approximate surface area is 766 Å². The monoisotopic (exact) mass is 1830 g/mol. The second-order valence-electron chi connectivity index (χ2n) is 37.9. The van der Waals surface area contributed by atoms with Gasteiger partial charge in [-0.25, -0.2) is 43.2 Å². The Hall–Kier alpha value is -13.7. The Morgan fingerprint density at radius 2 is 0.818 bits per heavy atom. The zero-order valence-corrected chi connectivity index (χ0v) is 78.7. The number of amides is 5. The number of nitrogens with zero attached hydrogens (tertiary/aromatic N) is 4. The Kier molecular flexibility index (Phi) is 34.4. The molecular formula is C96H119N7O29. The fourth-order valence-corrected chi connectivity index (χ4v) is 13.1. The third-order valence-electron chi connectivity index (χ3n) is 17.9. The SMILES string of the molecule is CC(=NC(=O)OC(C)(C)C)Nc1ccc2c(c1)CCCOc1c(cccc1C(=O)N(Cc1cc(OCCOCCOc3cc(CN(C(=O)c4cccc5c4OCCCc4cc(NC(=NC(=O)OC(C)(C)C)NC(=O)OC(C)(C)C)ccc4C(=O)O5)[C@@H](CC(=O)OC(C)(C)C)C(=O)OC(C)(C)C)cc(C(=O)O)c3)cc(C(=O)O)c1)[C@@H](CC(=O)OC(C)(C)C)C(=O)OC(C)(C)C)OC2=O. The van der Waals surface area contributed by atoms with Crippen molar-refractivity contribution in [1.82, 2.24) is 15.1 Å². The standard InChI is InChI=1S/C96H119N7O29/c1-55(98-87(116)130-94(14,15)16)97-62-33-35-66-58(47-62)27-25-37-122-76-68(29-23-31-72(76)124-82(66)112)78(106)102(70(84(114)128-92(8,9)10)51-74(104)126-90(2,3)4)53-56-43-60(80(108)109)49-64(45-56)120-41-39-119-40-42-121-65-46-57(44-61(50-65)81(110)111)54-103(71(85(115)129-93(11,12)13)52-75(105)127-91(5,6)7)79(107)69-30-24-32-73-77(69)123-38-26-28-59-48-63(34-36-67(59)83(113)125-73)99-86(100-88(117)131-95(17,18)19)101-89(118)132-96(20,21)22/h23-24,29-36,43-50,70-71H,25-28,37-42,51-54H2,1-22H3,(H,108,109)(H,110,111)(H,97,98,116)(H2,99,100,101,117,118)/t70-,71-/m0/s1. The van der Waals surface area contributed by atoms with E-state index in [9.17, 15) is 63.0 Å². The highest BCUT2D eigenvalue weighted by atomic mass is 16.6. The molecule has 0 aromatic heterocycles. The third-order valence-corrected chi connectivity index (χ3v) is 17.9. The van der Waals surface area contributed by atoms with E-state index in [-0.39, 0.29) is 162 Å². The molecule has 0 bridgehead atoms. The molecule has 36 heteroatoms. The number of esters is 6. The second-order valence-corrected chi connectivity index (χ2v) is 37.9. The lowest BCUT2D eigenvalue weighted by Crippen LogP contribution is -2.48. The minimum Gasteiger partial charge on any atom is -0.491 e. The van der Waals surface area contributed by atoms with Crippen molar-refractivity contribution in [2.45, 2.75) is 255 Å². The molecule has 5 amide bonds. The van der Waals surface area contributed by atoms with Crippen LogP contribution in [-0.2, 0) is 83.0 Å². The summed E-state index contributed by atoms with van der Waals surface area (Å²) in [7, 11) is 0. The number of carboxylic acids is 2. The van der Waals surface area contributed by atoms with Crippen molar-refractivity contribution < 1.29 is 139 Å². The van der Waals surface area contributed by atoms with Gasteiger partial charge in [-0.05, 0) is 297 Å². The summed E-state index contributed by atoms with van der Waals surface area (Å²) >= 11 is 0. The van der Waals surface area contributed by atoms with Crippen molar-refractivity contribution in [2.75, 3.05) is 50.3 Å². The number of amidine groups is 1. The van der Waals surface area contributed by atoms with Gasteiger partial charge in [0.25, 0.3) is 11.8 Å². The number of aliphatic imine (C=N–C) groups is 2. The molecule has 0 saturated heterocycles. The summed E-state index contributed by atoms with van der Waals surface area (Å²) in [4.78, 5) is 192. The molecule has 132 heavy (non-hydrogen) atoms. The summed E-state index contributed by atoms with van der Waals surface area (Å²) in [5.41, 5.74) is -6.38. The smallest absolute Gasteiger partial charge is 0.437 e. The zero-order chi connectivity index (χ0) is 97.9. The van der Waals surface area contributed by atoms with Crippen molar-refractivity contribution in [2.24, 2.45) is 9.98 Å². The van der Waals surface area contributed by atoms with Crippen molar-refractivity contribution in [3.63, 3.8) is 0 Å². The van der Waals surface area contributed by atoms with Gasteiger partial charge in [0.2, 0.25) is 5.96 Å². The molecule has 712 valence electrons. The van der Waals surface area contributed by atoms with Gasteiger partial charge < -0.3 is 97.0 Å².